The molecular weight excluding hydrogens is 322 g/mol. The van der Waals surface area contributed by atoms with Crippen molar-refractivity contribution in [3.05, 3.63) is 36.2 Å². The second-order valence-electron chi connectivity index (χ2n) is 4.61. The van der Waals surface area contributed by atoms with Crippen LogP contribution < -0.4 is 10.0 Å². The van der Waals surface area contributed by atoms with Gasteiger partial charge in [-0.3, -0.25) is 14.9 Å². The number of rotatable bonds is 7. The normalized spacial score (nSPS) is 11.2. The largest absolute Gasteiger partial charge is 0.295 e. The number of sulfonamides is 1. The number of carbonyl (C=O) groups is 2. The lowest BCUT2D eigenvalue weighted by Gasteiger charge is -2.07. The Morgan fingerprint density at radius 1 is 1.22 bits per heavy atom. The maximum Gasteiger partial charge on any atom is 0.240 e. The van der Waals surface area contributed by atoms with Gasteiger partial charge in [-0.15, -0.1) is 0 Å². The Morgan fingerprint density at radius 2 is 1.91 bits per heavy atom. The predicted octanol–water partition coefficient (Wildman–Crippen LogP) is 0.314. The zero-order valence-corrected chi connectivity index (χ0v) is 13.1. The summed E-state index contributed by atoms with van der Waals surface area (Å²) in [5.74, 6) is -0.361. The summed E-state index contributed by atoms with van der Waals surface area (Å²) in [6.45, 7) is 1.33. The van der Waals surface area contributed by atoms with Crippen molar-refractivity contribution >= 4 is 27.7 Å². The molecule has 1 aromatic heterocycles. The predicted molar refractivity (Wildman–Crippen MR) is 81.3 cm³/mol. The highest BCUT2D eigenvalue weighted by molar-refractivity contribution is 7.89. The van der Waals surface area contributed by atoms with Crippen molar-refractivity contribution in [2.45, 2.75) is 18.2 Å². The lowest BCUT2D eigenvalue weighted by molar-refractivity contribution is -0.116. The molecule has 0 bridgehead atoms. The van der Waals surface area contributed by atoms with E-state index in [-0.39, 0.29) is 29.6 Å². The Labute approximate surface area is 132 Å². The van der Waals surface area contributed by atoms with E-state index in [0.29, 0.717) is 5.56 Å². The molecule has 2 rings (SSSR count). The molecule has 0 saturated carbocycles. The Hall–Kier alpha value is -2.59. The minimum Gasteiger partial charge on any atom is -0.295 e. The average Bonchev–Trinajstić information content (AvgIpc) is 3.00. The van der Waals surface area contributed by atoms with Crippen molar-refractivity contribution in [2.75, 3.05) is 11.9 Å². The van der Waals surface area contributed by atoms with Crippen LogP contribution in [0.15, 0.2) is 35.5 Å². The third kappa shape index (κ3) is 4.69. The summed E-state index contributed by atoms with van der Waals surface area (Å²) < 4.78 is 26.4. The number of aromatic amines is 1. The zero-order chi connectivity index (χ0) is 16.9. The first-order chi connectivity index (χ1) is 10.9. The highest BCUT2D eigenvalue weighted by Crippen LogP contribution is 2.11. The lowest BCUT2D eigenvalue weighted by atomic mass is 10.2. The zero-order valence-electron chi connectivity index (χ0n) is 12.2. The Balaban J connectivity index is 1.88. The third-order valence-corrected chi connectivity index (χ3v) is 4.37. The molecule has 1 heterocycles. The van der Waals surface area contributed by atoms with Gasteiger partial charge in [0.15, 0.2) is 5.78 Å². The molecule has 3 N–H and O–H groups in total. The van der Waals surface area contributed by atoms with Crippen molar-refractivity contribution in [3.63, 3.8) is 0 Å². The molecule has 1 amide bonds. The number of nitrogens with zero attached hydrogens (tertiary/aromatic N) is 2. The number of carbonyl (C=O) groups excluding carboxylic acids is 2. The molecule has 2 aromatic rings. The topological polar surface area (TPSA) is 134 Å². The van der Waals surface area contributed by atoms with Crippen LogP contribution in [-0.4, -0.2) is 41.8 Å². The van der Waals surface area contributed by atoms with Gasteiger partial charge in [-0.2, -0.15) is 10.1 Å². The molecule has 1 aromatic carbocycles. The molecular formula is C13H15N5O4S. The Morgan fingerprint density at radius 3 is 2.48 bits per heavy atom. The van der Waals surface area contributed by atoms with Gasteiger partial charge in [0.05, 0.1) is 4.90 Å². The van der Waals surface area contributed by atoms with Gasteiger partial charge in [-0.25, -0.2) is 18.2 Å². The van der Waals surface area contributed by atoms with E-state index >= 15 is 0 Å². The molecule has 122 valence electrons. The van der Waals surface area contributed by atoms with Crippen LogP contribution in [0.25, 0.3) is 0 Å². The molecule has 0 unspecified atom stereocenters. The number of ketones is 1. The van der Waals surface area contributed by atoms with Crippen molar-refractivity contribution in [3.8, 4) is 0 Å². The minimum atomic E-state index is -3.74. The molecule has 0 fully saturated rings. The number of hydrogen-bond donors (Lipinski definition) is 3. The number of amides is 1. The van der Waals surface area contributed by atoms with Gasteiger partial charge in [0.1, 0.15) is 6.33 Å². The summed E-state index contributed by atoms with van der Waals surface area (Å²) in [6, 6.07) is 5.56. The molecule has 0 aliphatic heterocycles. The molecule has 10 heteroatoms. The standard InChI is InChI=1S/C13H15N5O4S/c1-9(19)10-2-4-11(5-3-10)23(21,22)16-7-6-12(20)17-13-14-8-15-18-13/h2-5,8,16H,6-7H2,1H3,(H2,14,15,17,18,20). The van der Waals surface area contributed by atoms with Crippen LogP contribution >= 0.6 is 0 Å². The van der Waals surface area contributed by atoms with E-state index in [0.717, 1.165) is 0 Å². The molecule has 0 aliphatic carbocycles. The number of aromatic nitrogens is 3. The average molecular weight is 337 g/mol. The van der Waals surface area contributed by atoms with Gasteiger partial charge in [0.2, 0.25) is 21.9 Å². The van der Waals surface area contributed by atoms with Gasteiger partial charge in [-0.1, -0.05) is 12.1 Å². The summed E-state index contributed by atoms with van der Waals surface area (Å²) >= 11 is 0. The van der Waals surface area contributed by atoms with E-state index in [1.54, 1.807) is 0 Å². The van der Waals surface area contributed by atoms with Gasteiger partial charge in [0, 0.05) is 18.5 Å². The molecule has 23 heavy (non-hydrogen) atoms. The van der Waals surface area contributed by atoms with E-state index in [9.17, 15) is 18.0 Å². The van der Waals surface area contributed by atoms with Crippen LogP contribution in [0.4, 0.5) is 5.95 Å². The first-order valence-electron chi connectivity index (χ1n) is 6.64. The van der Waals surface area contributed by atoms with Crippen molar-refractivity contribution in [1.29, 1.82) is 0 Å². The van der Waals surface area contributed by atoms with E-state index in [2.05, 4.69) is 25.2 Å². The first kappa shape index (κ1) is 16.8. The van der Waals surface area contributed by atoms with Crippen LogP contribution in [0.5, 0.6) is 0 Å². The lowest BCUT2D eigenvalue weighted by Crippen LogP contribution is -2.28. The maximum atomic E-state index is 12.1. The van der Waals surface area contributed by atoms with Crippen molar-refractivity contribution < 1.29 is 18.0 Å². The second kappa shape index (κ2) is 7.11. The first-order valence-corrected chi connectivity index (χ1v) is 8.13. The fraction of sp³-hybridized carbons (Fsp3) is 0.231. The van der Waals surface area contributed by atoms with Gasteiger partial charge in [-0.05, 0) is 19.1 Å². The summed E-state index contributed by atoms with van der Waals surface area (Å²) in [5, 5.41) is 8.45. The second-order valence-corrected chi connectivity index (χ2v) is 6.38. The van der Waals surface area contributed by atoms with E-state index < -0.39 is 15.9 Å². The smallest absolute Gasteiger partial charge is 0.240 e. The summed E-state index contributed by atoms with van der Waals surface area (Å²) in [6.07, 6.45) is 1.18. The molecule has 0 spiro atoms. The van der Waals surface area contributed by atoms with E-state index in [1.165, 1.54) is 37.5 Å². The number of hydrogen-bond acceptors (Lipinski definition) is 6. The van der Waals surface area contributed by atoms with Crippen LogP contribution in [0.2, 0.25) is 0 Å². The minimum absolute atomic E-state index is 0.0261. The maximum absolute atomic E-state index is 12.1. The number of H-pyrrole nitrogens is 1. The molecule has 0 atom stereocenters. The number of nitrogens with one attached hydrogen (secondary N) is 3. The van der Waals surface area contributed by atoms with Gasteiger partial charge >= 0.3 is 0 Å². The Kier molecular flexibility index (Phi) is 5.19. The van der Waals surface area contributed by atoms with Crippen molar-refractivity contribution in [1.82, 2.24) is 19.9 Å². The molecule has 0 aliphatic rings. The highest BCUT2D eigenvalue weighted by atomic mass is 32.2. The van der Waals surface area contributed by atoms with Gasteiger partial charge < -0.3 is 0 Å². The molecule has 0 radical (unpaired) electrons. The fourth-order valence-electron chi connectivity index (χ4n) is 1.71. The van der Waals surface area contributed by atoms with Crippen LogP contribution in [0.3, 0.4) is 0 Å². The van der Waals surface area contributed by atoms with E-state index in [4.69, 9.17) is 0 Å². The quantitative estimate of drug-likeness (QED) is 0.623. The summed E-state index contributed by atoms with van der Waals surface area (Å²) in [5.41, 5.74) is 0.426. The Bertz CT molecular complexity index is 784. The van der Waals surface area contributed by atoms with E-state index in [1.807, 2.05) is 0 Å². The SMILES string of the molecule is CC(=O)c1ccc(S(=O)(=O)NCCC(=O)Nc2ncn[nH]2)cc1. The molecule has 9 nitrogen and oxygen atoms in total. The van der Waals surface area contributed by atoms with Gasteiger partial charge in [0.25, 0.3) is 0 Å². The number of benzene rings is 1. The molecule has 0 saturated heterocycles. The summed E-state index contributed by atoms with van der Waals surface area (Å²) in [4.78, 5) is 26.5. The third-order valence-electron chi connectivity index (χ3n) is 2.89. The monoisotopic (exact) mass is 337 g/mol. The number of Topliss-reactive ketones (excluding diaryl/α,β-unsaturated/α-hetero) is 1. The fourth-order valence-corrected chi connectivity index (χ4v) is 2.74. The summed E-state index contributed by atoms with van der Waals surface area (Å²) in [7, 11) is -3.74. The highest BCUT2D eigenvalue weighted by Gasteiger charge is 2.14. The van der Waals surface area contributed by atoms with Crippen molar-refractivity contribution in [2.24, 2.45) is 0 Å². The van der Waals surface area contributed by atoms with Crippen LogP contribution in [0, 0.1) is 0 Å². The van der Waals surface area contributed by atoms with Crippen LogP contribution in [0.1, 0.15) is 23.7 Å². The number of anilines is 1. The van der Waals surface area contributed by atoms with Crippen LogP contribution in [-0.2, 0) is 14.8 Å².